The van der Waals surface area contributed by atoms with Gasteiger partial charge in [0, 0.05) is 48.7 Å². The van der Waals surface area contributed by atoms with Gasteiger partial charge in [0.15, 0.2) is 5.15 Å². The molecule has 0 aliphatic carbocycles. The number of ether oxygens (including phenoxy) is 1. The summed E-state index contributed by atoms with van der Waals surface area (Å²) < 4.78 is 6.13. The monoisotopic (exact) mass is 481 g/mol. The maximum absolute atomic E-state index is 6.25. The Morgan fingerprint density at radius 1 is 1.12 bits per heavy atom. The van der Waals surface area contributed by atoms with Crippen molar-refractivity contribution in [3.05, 3.63) is 58.5 Å². The Morgan fingerprint density at radius 2 is 1.97 bits per heavy atom. The predicted octanol–water partition coefficient (Wildman–Crippen LogP) is 4.27. The number of H-pyrrole nitrogens is 1. The van der Waals surface area contributed by atoms with Crippen LogP contribution in [0.3, 0.4) is 0 Å². The van der Waals surface area contributed by atoms with Crippen LogP contribution in [-0.2, 0) is 0 Å². The summed E-state index contributed by atoms with van der Waals surface area (Å²) in [6.07, 6.45) is 2.94. The molecule has 0 saturated carbocycles. The first kappa shape index (κ1) is 20.7. The molecule has 8 nitrogen and oxygen atoms in total. The number of halogens is 2. The van der Waals surface area contributed by atoms with Crippen LogP contribution in [0, 0.1) is 5.41 Å². The van der Waals surface area contributed by atoms with Gasteiger partial charge in [-0.1, -0.05) is 23.2 Å². The number of hydrogen-bond donors (Lipinski definition) is 2. The molecule has 2 N–H and O–H groups in total. The zero-order valence-corrected chi connectivity index (χ0v) is 19.4. The Labute approximate surface area is 200 Å². The number of rotatable bonds is 5. The van der Waals surface area contributed by atoms with Gasteiger partial charge in [0.05, 0.1) is 22.3 Å². The van der Waals surface area contributed by atoms with Gasteiger partial charge in [-0.15, -0.1) is 5.10 Å². The minimum absolute atomic E-state index is 0.230. The number of fused-ring (bicyclic) bond motifs is 1. The zero-order chi connectivity index (χ0) is 22.6. The molecule has 5 heterocycles. The summed E-state index contributed by atoms with van der Waals surface area (Å²) in [5.41, 5.74) is 3.75. The van der Waals surface area contributed by atoms with Crippen LogP contribution in [-0.4, -0.2) is 51.6 Å². The first-order valence-electron chi connectivity index (χ1n) is 10.7. The Morgan fingerprint density at radius 3 is 2.67 bits per heavy atom. The number of nitrogens with zero attached hydrogens (tertiary/aromatic N) is 5. The van der Waals surface area contributed by atoms with E-state index in [-0.39, 0.29) is 5.15 Å². The average Bonchev–Trinajstić information content (AvgIpc) is 3.15. The highest BCUT2D eigenvalue weighted by Gasteiger charge is 2.47. The maximum atomic E-state index is 6.25. The zero-order valence-electron chi connectivity index (χ0n) is 17.8. The summed E-state index contributed by atoms with van der Waals surface area (Å²) in [4.78, 5) is 7.02. The number of aromatic nitrogens is 5. The van der Waals surface area contributed by atoms with Crippen molar-refractivity contribution in [3.8, 4) is 17.0 Å². The largest absolute Gasteiger partial charge is 0.486 e. The van der Waals surface area contributed by atoms with E-state index in [9.17, 15) is 0 Å². The van der Waals surface area contributed by atoms with Crippen LogP contribution in [0.2, 0.25) is 10.2 Å². The second kappa shape index (κ2) is 7.83. The van der Waals surface area contributed by atoms with Gasteiger partial charge in [0.1, 0.15) is 23.4 Å². The maximum Gasteiger partial charge on any atom is 0.160 e. The molecule has 0 radical (unpaired) electrons. The summed E-state index contributed by atoms with van der Waals surface area (Å²) >= 11 is 12.4. The van der Waals surface area contributed by atoms with Gasteiger partial charge in [-0.25, -0.2) is 4.98 Å². The van der Waals surface area contributed by atoms with E-state index in [2.05, 4.69) is 42.7 Å². The van der Waals surface area contributed by atoms with E-state index in [1.54, 1.807) is 0 Å². The average molecular weight is 482 g/mol. The molecule has 0 unspecified atom stereocenters. The lowest BCUT2D eigenvalue weighted by Crippen LogP contribution is -2.71. The van der Waals surface area contributed by atoms with Crippen molar-refractivity contribution < 1.29 is 4.74 Å². The van der Waals surface area contributed by atoms with Crippen molar-refractivity contribution in [2.24, 2.45) is 5.41 Å². The molecule has 168 valence electrons. The second-order valence-electron chi connectivity index (χ2n) is 8.80. The van der Waals surface area contributed by atoms with Crippen LogP contribution >= 0.6 is 23.2 Å². The minimum Gasteiger partial charge on any atom is -0.486 e. The highest BCUT2D eigenvalue weighted by Crippen LogP contribution is 2.38. The molecule has 10 heteroatoms. The van der Waals surface area contributed by atoms with Crippen molar-refractivity contribution in [2.45, 2.75) is 13.0 Å². The van der Waals surface area contributed by atoms with Crippen LogP contribution in [0.4, 0.5) is 5.82 Å². The molecule has 6 rings (SSSR count). The lowest BCUT2D eigenvalue weighted by molar-refractivity contribution is 0.120. The van der Waals surface area contributed by atoms with E-state index >= 15 is 0 Å². The molecule has 2 aliphatic rings. The molecular formula is C23H21Cl2N7O. The molecule has 2 fully saturated rings. The lowest BCUT2D eigenvalue weighted by Gasteiger charge is -2.56. The van der Waals surface area contributed by atoms with Crippen molar-refractivity contribution in [1.82, 2.24) is 30.7 Å². The van der Waals surface area contributed by atoms with Gasteiger partial charge >= 0.3 is 0 Å². The molecule has 1 atom stereocenters. The standard InChI is InChI=1S/C23H21Cl2N7O/c1-13(20-17(24)8-28-31-22(20)25)33-15-3-4-18-16(6-15)21(30-29-18)14-2-5-19(27-7-14)32-11-23(12-32)9-26-10-23/h2-8,13,26H,9-12H2,1H3,(H,29,30)/t13-/m0/s1. The van der Waals surface area contributed by atoms with Gasteiger partial charge in [0.2, 0.25) is 0 Å². The number of nitrogens with one attached hydrogen (secondary N) is 2. The van der Waals surface area contributed by atoms with E-state index in [1.165, 1.54) is 6.20 Å². The third-order valence-electron chi connectivity index (χ3n) is 6.45. The molecule has 4 aromatic rings. The van der Waals surface area contributed by atoms with Gasteiger partial charge in [0.25, 0.3) is 0 Å². The molecule has 2 aliphatic heterocycles. The molecular weight excluding hydrogens is 461 g/mol. The lowest BCUT2D eigenvalue weighted by atomic mass is 9.74. The van der Waals surface area contributed by atoms with Crippen molar-refractivity contribution in [1.29, 1.82) is 0 Å². The Kier molecular flexibility index (Phi) is 4.90. The summed E-state index contributed by atoms with van der Waals surface area (Å²) in [7, 11) is 0. The predicted molar refractivity (Wildman–Crippen MR) is 128 cm³/mol. The summed E-state index contributed by atoms with van der Waals surface area (Å²) in [5, 5.41) is 20.2. The number of anilines is 1. The van der Waals surface area contributed by atoms with E-state index in [1.807, 2.05) is 31.3 Å². The Bertz CT molecular complexity index is 1310. The number of benzene rings is 1. The Hall–Kier alpha value is -2.94. The van der Waals surface area contributed by atoms with Gasteiger partial charge in [-0.3, -0.25) is 5.10 Å². The fraction of sp³-hybridized carbons (Fsp3) is 0.304. The molecule has 1 spiro atoms. The van der Waals surface area contributed by atoms with Crippen molar-refractivity contribution in [3.63, 3.8) is 0 Å². The molecule has 3 aromatic heterocycles. The molecule has 33 heavy (non-hydrogen) atoms. The SMILES string of the molecule is C[C@H](Oc1ccc2[nH]nc(-c3ccc(N4CC5(CNC5)C4)nc3)c2c1)c1c(Cl)cnnc1Cl. The summed E-state index contributed by atoms with van der Waals surface area (Å²) in [5.74, 6) is 1.68. The minimum atomic E-state index is -0.403. The second-order valence-corrected chi connectivity index (χ2v) is 9.57. The van der Waals surface area contributed by atoms with Gasteiger partial charge in [-0.05, 0) is 37.3 Å². The van der Waals surface area contributed by atoms with Crippen LogP contribution in [0.15, 0.2) is 42.7 Å². The van der Waals surface area contributed by atoms with E-state index in [0.29, 0.717) is 21.8 Å². The fourth-order valence-corrected chi connectivity index (χ4v) is 5.24. The fourth-order valence-electron chi connectivity index (χ4n) is 4.60. The quantitative estimate of drug-likeness (QED) is 0.439. The van der Waals surface area contributed by atoms with E-state index < -0.39 is 6.10 Å². The third-order valence-corrected chi connectivity index (χ3v) is 7.03. The van der Waals surface area contributed by atoms with Crippen molar-refractivity contribution in [2.75, 3.05) is 31.1 Å². The smallest absolute Gasteiger partial charge is 0.160 e. The normalized spacial score (nSPS) is 17.6. The molecule has 0 amide bonds. The first-order valence-corrected chi connectivity index (χ1v) is 11.5. The van der Waals surface area contributed by atoms with E-state index in [0.717, 1.165) is 54.2 Å². The Balaban J connectivity index is 1.24. The third kappa shape index (κ3) is 3.58. The summed E-state index contributed by atoms with van der Waals surface area (Å²) in [6.45, 7) is 6.23. The molecule has 2 saturated heterocycles. The highest BCUT2D eigenvalue weighted by molar-refractivity contribution is 6.35. The first-order chi connectivity index (χ1) is 16.0. The summed E-state index contributed by atoms with van der Waals surface area (Å²) in [6, 6.07) is 9.92. The van der Waals surface area contributed by atoms with Crippen LogP contribution < -0.4 is 15.0 Å². The number of pyridine rings is 1. The van der Waals surface area contributed by atoms with Crippen LogP contribution in [0.25, 0.3) is 22.2 Å². The highest BCUT2D eigenvalue weighted by atomic mass is 35.5. The topological polar surface area (TPSA) is 91.8 Å². The number of aromatic amines is 1. The van der Waals surface area contributed by atoms with Crippen LogP contribution in [0.1, 0.15) is 18.6 Å². The van der Waals surface area contributed by atoms with Crippen LogP contribution in [0.5, 0.6) is 5.75 Å². The number of hydrogen-bond acceptors (Lipinski definition) is 7. The van der Waals surface area contributed by atoms with E-state index in [4.69, 9.17) is 32.9 Å². The van der Waals surface area contributed by atoms with Gasteiger partial charge in [-0.2, -0.15) is 10.2 Å². The van der Waals surface area contributed by atoms with Gasteiger partial charge < -0.3 is 15.0 Å². The van der Waals surface area contributed by atoms with Crippen molar-refractivity contribution >= 4 is 39.9 Å². The molecule has 1 aromatic carbocycles. The molecule has 0 bridgehead atoms.